The maximum atomic E-state index is 12.1. The number of nitrogens with one attached hydrogen (secondary N) is 1. The van der Waals surface area contributed by atoms with E-state index in [1.165, 1.54) is 13.0 Å². The van der Waals surface area contributed by atoms with Crippen molar-refractivity contribution < 1.29 is 23.9 Å². The minimum Gasteiger partial charge on any atom is -0.457 e. The van der Waals surface area contributed by atoms with E-state index in [0.29, 0.717) is 5.69 Å². The van der Waals surface area contributed by atoms with Crippen LogP contribution in [0.3, 0.4) is 0 Å². The van der Waals surface area contributed by atoms with Gasteiger partial charge >= 0.3 is 11.9 Å². The molecule has 0 saturated heterocycles. The van der Waals surface area contributed by atoms with Gasteiger partial charge in [-0.2, -0.15) is 0 Å². The van der Waals surface area contributed by atoms with Crippen LogP contribution in [-0.4, -0.2) is 30.1 Å². The van der Waals surface area contributed by atoms with Gasteiger partial charge < -0.3 is 14.8 Å². The molecule has 0 spiro atoms. The number of anilines is 1. The molecule has 0 aliphatic carbocycles. The number of rotatable bonds is 4. The summed E-state index contributed by atoms with van der Waals surface area (Å²) in [5.74, 6) is -1.62. The Kier molecular flexibility index (Phi) is 5.68. The summed E-state index contributed by atoms with van der Waals surface area (Å²) in [7, 11) is 0. The van der Waals surface area contributed by atoms with Gasteiger partial charge in [0.25, 0.3) is 0 Å². The average Bonchev–Trinajstić information content (AvgIpc) is 2.36. The minimum atomic E-state index is -0.696. The summed E-state index contributed by atoms with van der Waals surface area (Å²) in [6.07, 6.45) is 0. The Morgan fingerprint density at radius 3 is 2.36 bits per heavy atom. The predicted molar refractivity (Wildman–Crippen MR) is 81.6 cm³/mol. The van der Waals surface area contributed by atoms with Crippen LogP contribution in [0, 0.1) is 6.92 Å². The molecule has 0 aliphatic heterocycles. The molecule has 1 rings (SSSR count). The van der Waals surface area contributed by atoms with E-state index in [1.54, 1.807) is 39.8 Å². The molecular formula is C16H21NO5. The number of benzene rings is 1. The first-order valence-corrected chi connectivity index (χ1v) is 6.86. The number of esters is 2. The lowest BCUT2D eigenvalue weighted by atomic mass is 10.1. The third kappa shape index (κ3) is 5.55. The standard InChI is InChI=1S/C16H21NO5/c1-10-7-6-8-12(14(10)17-11(2)18)15(20)21-9-13(19)22-16(3,4)5/h6-8H,9H2,1-5H3,(H,17,18). The van der Waals surface area contributed by atoms with Crippen molar-refractivity contribution in [2.45, 2.75) is 40.2 Å². The van der Waals surface area contributed by atoms with E-state index in [0.717, 1.165) is 5.56 Å². The minimum absolute atomic E-state index is 0.193. The highest BCUT2D eigenvalue weighted by Crippen LogP contribution is 2.21. The maximum absolute atomic E-state index is 12.1. The van der Waals surface area contributed by atoms with Gasteiger partial charge in [0.15, 0.2) is 6.61 Å². The van der Waals surface area contributed by atoms with Crippen molar-refractivity contribution >= 4 is 23.5 Å². The number of aryl methyl sites for hydroxylation is 1. The summed E-state index contributed by atoms with van der Waals surface area (Å²) >= 11 is 0. The Balaban J connectivity index is 2.80. The molecule has 0 atom stereocenters. The Bertz CT molecular complexity index is 587. The Morgan fingerprint density at radius 2 is 1.82 bits per heavy atom. The number of para-hydroxylation sites is 1. The fourth-order valence-electron chi connectivity index (χ4n) is 1.75. The third-order valence-electron chi connectivity index (χ3n) is 2.53. The molecule has 0 bridgehead atoms. The van der Waals surface area contributed by atoms with Crippen LogP contribution in [0.25, 0.3) is 0 Å². The van der Waals surface area contributed by atoms with E-state index in [-0.39, 0.29) is 11.5 Å². The zero-order valence-electron chi connectivity index (χ0n) is 13.5. The normalized spacial score (nSPS) is 10.8. The first-order valence-electron chi connectivity index (χ1n) is 6.86. The maximum Gasteiger partial charge on any atom is 0.344 e. The van der Waals surface area contributed by atoms with Crippen molar-refractivity contribution in [3.8, 4) is 0 Å². The van der Waals surface area contributed by atoms with Gasteiger partial charge in [0.05, 0.1) is 11.3 Å². The molecule has 1 amide bonds. The largest absolute Gasteiger partial charge is 0.457 e. The van der Waals surface area contributed by atoms with E-state index in [9.17, 15) is 14.4 Å². The zero-order valence-corrected chi connectivity index (χ0v) is 13.5. The van der Waals surface area contributed by atoms with Crippen molar-refractivity contribution in [1.82, 2.24) is 0 Å². The topological polar surface area (TPSA) is 81.7 Å². The molecule has 0 radical (unpaired) electrons. The van der Waals surface area contributed by atoms with Crippen LogP contribution in [0.4, 0.5) is 5.69 Å². The number of amides is 1. The lowest BCUT2D eigenvalue weighted by Crippen LogP contribution is -2.27. The zero-order chi connectivity index (χ0) is 16.9. The predicted octanol–water partition coefficient (Wildman–Crippen LogP) is 2.45. The summed E-state index contributed by atoms with van der Waals surface area (Å²) in [5.41, 5.74) is 0.652. The fraction of sp³-hybridized carbons (Fsp3) is 0.438. The molecule has 0 saturated carbocycles. The highest BCUT2D eigenvalue weighted by atomic mass is 16.6. The third-order valence-corrected chi connectivity index (χ3v) is 2.53. The highest BCUT2D eigenvalue weighted by Gasteiger charge is 2.20. The molecule has 1 aromatic carbocycles. The lowest BCUT2D eigenvalue weighted by molar-refractivity contribution is -0.158. The molecule has 0 aromatic heterocycles. The molecule has 1 aromatic rings. The molecule has 120 valence electrons. The molecule has 0 fully saturated rings. The van der Waals surface area contributed by atoms with Crippen LogP contribution in [0.15, 0.2) is 18.2 Å². The van der Waals surface area contributed by atoms with Crippen molar-refractivity contribution in [2.24, 2.45) is 0 Å². The first-order chi connectivity index (χ1) is 10.1. The lowest BCUT2D eigenvalue weighted by Gasteiger charge is -2.19. The number of ether oxygens (including phenoxy) is 2. The molecule has 6 nitrogen and oxygen atoms in total. The summed E-state index contributed by atoms with van der Waals surface area (Å²) in [5, 5.41) is 2.59. The average molecular weight is 307 g/mol. The van der Waals surface area contributed by atoms with Gasteiger partial charge in [-0.3, -0.25) is 4.79 Å². The smallest absolute Gasteiger partial charge is 0.344 e. The second-order valence-electron chi connectivity index (χ2n) is 5.84. The molecular weight excluding hydrogens is 286 g/mol. The van der Waals surface area contributed by atoms with E-state index in [4.69, 9.17) is 9.47 Å². The van der Waals surface area contributed by atoms with Crippen LogP contribution >= 0.6 is 0 Å². The van der Waals surface area contributed by atoms with Gasteiger partial charge in [-0.15, -0.1) is 0 Å². The van der Waals surface area contributed by atoms with Crippen LogP contribution in [0.2, 0.25) is 0 Å². The van der Waals surface area contributed by atoms with Crippen LogP contribution < -0.4 is 5.32 Å². The Labute approximate surface area is 129 Å². The Hall–Kier alpha value is -2.37. The monoisotopic (exact) mass is 307 g/mol. The molecule has 6 heteroatoms. The molecule has 1 N–H and O–H groups in total. The molecule has 0 heterocycles. The van der Waals surface area contributed by atoms with Crippen LogP contribution in [0.5, 0.6) is 0 Å². The van der Waals surface area contributed by atoms with E-state index < -0.39 is 24.1 Å². The van der Waals surface area contributed by atoms with E-state index in [1.807, 2.05) is 0 Å². The molecule has 0 aliphatic rings. The second kappa shape index (κ2) is 7.06. The van der Waals surface area contributed by atoms with Crippen molar-refractivity contribution in [3.63, 3.8) is 0 Å². The van der Waals surface area contributed by atoms with Gasteiger partial charge in [0.2, 0.25) is 5.91 Å². The molecule has 0 unspecified atom stereocenters. The van der Waals surface area contributed by atoms with Gasteiger partial charge in [-0.05, 0) is 39.3 Å². The summed E-state index contributed by atoms with van der Waals surface area (Å²) in [6.45, 7) is 7.80. The van der Waals surface area contributed by atoms with E-state index >= 15 is 0 Å². The van der Waals surface area contributed by atoms with Crippen molar-refractivity contribution in [3.05, 3.63) is 29.3 Å². The van der Waals surface area contributed by atoms with Crippen LogP contribution in [0.1, 0.15) is 43.6 Å². The second-order valence-corrected chi connectivity index (χ2v) is 5.84. The van der Waals surface area contributed by atoms with Crippen molar-refractivity contribution in [1.29, 1.82) is 0 Å². The summed E-state index contributed by atoms with van der Waals surface area (Å²) < 4.78 is 10.0. The number of hydrogen-bond acceptors (Lipinski definition) is 5. The quantitative estimate of drug-likeness (QED) is 0.864. The Morgan fingerprint density at radius 1 is 1.18 bits per heavy atom. The fourth-order valence-corrected chi connectivity index (χ4v) is 1.75. The SMILES string of the molecule is CC(=O)Nc1c(C)cccc1C(=O)OCC(=O)OC(C)(C)C. The number of hydrogen-bond donors (Lipinski definition) is 1. The summed E-state index contributed by atoms with van der Waals surface area (Å²) in [6, 6.07) is 4.95. The van der Waals surface area contributed by atoms with Gasteiger partial charge in [0, 0.05) is 6.92 Å². The first kappa shape index (κ1) is 17.7. The summed E-state index contributed by atoms with van der Waals surface area (Å²) in [4.78, 5) is 34.9. The number of carbonyl (C=O) groups is 3. The number of carbonyl (C=O) groups excluding carboxylic acids is 3. The highest BCUT2D eigenvalue weighted by molar-refractivity contribution is 6.02. The van der Waals surface area contributed by atoms with E-state index in [2.05, 4.69) is 5.32 Å². The molecule has 22 heavy (non-hydrogen) atoms. The van der Waals surface area contributed by atoms with Gasteiger partial charge in [-0.1, -0.05) is 12.1 Å². The van der Waals surface area contributed by atoms with Crippen molar-refractivity contribution in [2.75, 3.05) is 11.9 Å². The van der Waals surface area contributed by atoms with Gasteiger partial charge in [-0.25, -0.2) is 9.59 Å². The van der Waals surface area contributed by atoms with Crippen LogP contribution in [-0.2, 0) is 19.1 Å². The van der Waals surface area contributed by atoms with Gasteiger partial charge in [0.1, 0.15) is 5.60 Å².